The van der Waals surface area contributed by atoms with E-state index in [4.69, 9.17) is 0 Å². The molecule has 5 aromatic rings. The first-order valence-electron chi connectivity index (χ1n) is 15.5. The highest BCUT2D eigenvalue weighted by molar-refractivity contribution is 5.81. The van der Waals surface area contributed by atoms with Gasteiger partial charge in [-0.3, -0.25) is 0 Å². The average molecular weight is 553 g/mol. The fourth-order valence-corrected chi connectivity index (χ4v) is 5.42. The summed E-state index contributed by atoms with van der Waals surface area (Å²) in [5, 5.41) is 0. The smallest absolute Gasteiger partial charge is 0.0463 e. The molecular formula is C40H44N2. The van der Waals surface area contributed by atoms with Crippen LogP contribution in [0.5, 0.6) is 0 Å². The van der Waals surface area contributed by atoms with E-state index in [1.807, 2.05) is 0 Å². The molecule has 0 N–H and O–H groups in total. The van der Waals surface area contributed by atoms with Gasteiger partial charge in [-0.2, -0.15) is 0 Å². The third kappa shape index (κ3) is 6.44. The zero-order valence-electron chi connectivity index (χ0n) is 26.0. The molecule has 0 aliphatic rings. The maximum Gasteiger partial charge on any atom is 0.0463 e. The highest BCUT2D eigenvalue weighted by Crippen LogP contribution is 2.39. The molecule has 2 heteroatoms. The first-order valence-corrected chi connectivity index (χ1v) is 15.5. The van der Waals surface area contributed by atoms with Gasteiger partial charge < -0.3 is 9.80 Å². The maximum atomic E-state index is 2.36. The Morgan fingerprint density at radius 2 is 0.571 bits per heavy atom. The van der Waals surface area contributed by atoms with Crippen LogP contribution in [0.15, 0.2) is 121 Å². The predicted octanol–water partition coefficient (Wildman–Crippen LogP) is 12.0. The third-order valence-electron chi connectivity index (χ3n) is 8.21. The van der Waals surface area contributed by atoms with Crippen molar-refractivity contribution in [3.63, 3.8) is 0 Å². The molecule has 0 saturated carbocycles. The van der Waals surface area contributed by atoms with Crippen molar-refractivity contribution in [3.8, 4) is 0 Å². The Bertz CT molecular complexity index is 1450. The second-order valence-corrected chi connectivity index (χ2v) is 11.7. The van der Waals surface area contributed by atoms with E-state index < -0.39 is 0 Å². The molecule has 0 unspecified atom stereocenters. The second-order valence-electron chi connectivity index (χ2n) is 11.7. The van der Waals surface area contributed by atoms with Crippen molar-refractivity contribution in [1.29, 1.82) is 0 Å². The molecule has 42 heavy (non-hydrogen) atoms. The molecule has 214 valence electrons. The number of aryl methyl sites for hydroxylation is 2. The van der Waals surface area contributed by atoms with Crippen molar-refractivity contribution >= 4 is 34.1 Å². The molecule has 0 aliphatic carbocycles. The molecule has 0 radical (unpaired) electrons. The lowest BCUT2D eigenvalue weighted by molar-refractivity contribution is 0.866. The van der Waals surface area contributed by atoms with Gasteiger partial charge in [0.1, 0.15) is 0 Å². The number of anilines is 6. The minimum absolute atomic E-state index is 0.501. The average Bonchev–Trinajstić information content (AvgIpc) is 3.03. The number of hydrogen-bond acceptors (Lipinski definition) is 2. The summed E-state index contributed by atoms with van der Waals surface area (Å²) >= 11 is 0. The first kappa shape index (κ1) is 29.2. The molecular weight excluding hydrogens is 508 g/mol. The highest BCUT2D eigenvalue weighted by atomic mass is 15.2. The lowest BCUT2D eigenvalue weighted by atomic mass is 10.0. The van der Waals surface area contributed by atoms with Crippen molar-refractivity contribution in [2.75, 3.05) is 9.80 Å². The summed E-state index contributed by atoms with van der Waals surface area (Å²) < 4.78 is 0. The fraction of sp³-hybridized carbons (Fsp3) is 0.250. The van der Waals surface area contributed by atoms with Gasteiger partial charge in [-0.1, -0.05) is 90.1 Å². The van der Waals surface area contributed by atoms with Crippen LogP contribution in [0.3, 0.4) is 0 Å². The topological polar surface area (TPSA) is 6.48 Å². The molecule has 2 nitrogen and oxygen atoms in total. The van der Waals surface area contributed by atoms with Crippen molar-refractivity contribution in [2.45, 2.75) is 66.2 Å². The van der Waals surface area contributed by atoms with E-state index in [0.717, 1.165) is 47.0 Å². The van der Waals surface area contributed by atoms with Crippen molar-refractivity contribution in [1.82, 2.24) is 0 Å². The van der Waals surface area contributed by atoms with Gasteiger partial charge in [-0.25, -0.2) is 0 Å². The van der Waals surface area contributed by atoms with E-state index in [-0.39, 0.29) is 0 Å². The summed E-state index contributed by atoms with van der Waals surface area (Å²) in [5.41, 5.74) is 12.3. The normalized spacial score (nSPS) is 11.2. The Morgan fingerprint density at radius 1 is 0.357 bits per heavy atom. The van der Waals surface area contributed by atoms with Crippen LogP contribution in [0, 0.1) is 0 Å². The van der Waals surface area contributed by atoms with E-state index in [2.05, 4.69) is 173 Å². The SMILES string of the molecule is CCc1ccc(N(c2ccc(CC)cc2)c2ccc(N(c3ccc(C(C)C)cc3)c3ccc(C(C)C)cc3)cc2)cc1. The lowest BCUT2D eigenvalue weighted by Crippen LogP contribution is -2.12. The summed E-state index contributed by atoms with van der Waals surface area (Å²) in [6.45, 7) is 13.4. The first-order chi connectivity index (χ1) is 20.4. The second kappa shape index (κ2) is 13.1. The monoisotopic (exact) mass is 552 g/mol. The summed E-state index contributed by atoms with van der Waals surface area (Å²) in [6, 6.07) is 44.9. The van der Waals surface area contributed by atoms with Crippen LogP contribution in [-0.4, -0.2) is 0 Å². The van der Waals surface area contributed by atoms with Gasteiger partial charge in [0.05, 0.1) is 0 Å². The summed E-state index contributed by atoms with van der Waals surface area (Å²) in [6.07, 6.45) is 2.07. The molecule has 0 aliphatic heterocycles. The Hall–Kier alpha value is -4.30. The minimum atomic E-state index is 0.501. The molecule has 5 aromatic carbocycles. The van der Waals surface area contributed by atoms with Gasteiger partial charge in [0, 0.05) is 34.1 Å². The predicted molar refractivity (Wildman–Crippen MR) is 183 cm³/mol. The molecule has 0 spiro atoms. The van der Waals surface area contributed by atoms with Crippen LogP contribution >= 0.6 is 0 Å². The number of hydrogen-bond donors (Lipinski definition) is 0. The van der Waals surface area contributed by atoms with Gasteiger partial charge in [0.25, 0.3) is 0 Å². The van der Waals surface area contributed by atoms with Crippen LogP contribution in [0.2, 0.25) is 0 Å². The fourth-order valence-electron chi connectivity index (χ4n) is 5.42. The third-order valence-corrected chi connectivity index (χ3v) is 8.21. The molecule has 0 amide bonds. The van der Waals surface area contributed by atoms with Gasteiger partial charge in [0.2, 0.25) is 0 Å². The Morgan fingerprint density at radius 3 is 0.786 bits per heavy atom. The largest absolute Gasteiger partial charge is 0.311 e. The molecule has 0 fully saturated rings. The van der Waals surface area contributed by atoms with Gasteiger partial charge in [-0.05, 0) is 120 Å². The van der Waals surface area contributed by atoms with Crippen LogP contribution in [0.25, 0.3) is 0 Å². The molecule has 0 atom stereocenters. The molecule has 5 rings (SSSR count). The molecule has 0 bridgehead atoms. The standard InChI is InChI=1S/C40H44N2/c1-7-31-9-17-35(18-10-31)41(36-19-11-32(8-2)12-20-36)39-25-27-40(28-26-39)42(37-21-13-33(14-22-37)29(3)4)38-23-15-34(16-24-38)30(5)6/h9-30H,7-8H2,1-6H3. The van der Waals surface area contributed by atoms with E-state index in [1.54, 1.807) is 0 Å². The van der Waals surface area contributed by atoms with Crippen molar-refractivity contribution in [3.05, 3.63) is 144 Å². The van der Waals surface area contributed by atoms with Gasteiger partial charge >= 0.3 is 0 Å². The van der Waals surface area contributed by atoms with E-state index in [0.29, 0.717) is 11.8 Å². The van der Waals surface area contributed by atoms with E-state index >= 15 is 0 Å². The van der Waals surface area contributed by atoms with Crippen molar-refractivity contribution < 1.29 is 0 Å². The summed E-state index contributed by atoms with van der Waals surface area (Å²) in [7, 11) is 0. The minimum Gasteiger partial charge on any atom is -0.311 e. The van der Waals surface area contributed by atoms with Crippen LogP contribution < -0.4 is 9.80 Å². The number of rotatable bonds is 10. The van der Waals surface area contributed by atoms with E-state index in [9.17, 15) is 0 Å². The Kier molecular flexibility index (Phi) is 9.12. The zero-order chi connectivity index (χ0) is 29.6. The quantitative estimate of drug-likeness (QED) is 0.170. The van der Waals surface area contributed by atoms with Gasteiger partial charge in [0.15, 0.2) is 0 Å². The zero-order valence-corrected chi connectivity index (χ0v) is 26.0. The number of benzene rings is 5. The van der Waals surface area contributed by atoms with Gasteiger partial charge in [-0.15, -0.1) is 0 Å². The van der Waals surface area contributed by atoms with Crippen LogP contribution in [-0.2, 0) is 12.8 Å². The summed E-state index contributed by atoms with van der Waals surface area (Å²) in [5.74, 6) is 1.00. The van der Waals surface area contributed by atoms with Crippen molar-refractivity contribution in [2.24, 2.45) is 0 Å². The Balaban J connectivity index is 1.56. The molecule has 0 heterocycles. The molecule has 0 aromatic heterocycles. The highest BCUT2D eigenvalue weighted by Gasteiger charge is 2.17. The maximum absolute atomic E-state index is 2.36. The van der Waals surface area contributed by atoms with Crippen LogP contribution in [0.1, 0.15) is 75.6 Å². The van der Waals surface area contributed by atoms with Crippen LogP contribution in [0.4, 0.5) is 34.1 Å². The molecule has 0 saturated heterocycles. The lowest BCUT2D eigenvalue weighted by Gasteiger charge is -2.29. The Labute approximate surface area is 253 Å². The number of nitrogens with zero attached hydrogens (tertiary/aromatic N) is 2. The van der Waals surface area contributed by atoms with E-state index in [1.165, 1.54) is 22.3 Å². The summed E-state index contributed by atoms with van der Waals surface area (Å²) in [4.78, 5) is 4.70.